The maximum atomic E-state index is 13.1. The van der Waals surface area contributed by atoms with Crippen molar-refractivity contribution in [3.8, 4) is 0 Å². The fourth-order valence-electron chi connectivity index (χ4n) is 2.17. The lowest BCUT2D eigenvalue weighted by Gasteiger charge is -2.34. The van der Waals surface area contributed by atoms with Crippen LogP contribution in [0.1, 0.15) is 19.3 Å². The standard InChI is InChI=1S/C11H12FN3O2S/c12-8-4-5-9-10(6-8)18(16,17)14-11(15(9)13)7-2-1-3-7/h4-7H,1-3,13H2. The number of amidine groups is 1. The first-order chi connectivity index (χ1) is 8.49. The van der Waals surface area contributed by atoms with Crippen LogP contribution in [0.2, 0.25) is 0 Å². The largest absolute Gasteiger partial charge is 0.286 e. The Morgan fingerprint density at radius 3 is 2.72 bits per heavy atom. The average molecular weight is 269 g/mol. The quantitative estimate of drug-likeness (QED) is 0.782. The number of benzene rings is 1. The van der Waals surface area contributed by atoms with Gasteiger partial charge in [-0.25, -0.2) is 10.2 Å². The zero-order valence-corrected chi connectivity index (χ0v) is 10.3. The summed E-state index contributed by atoms with van der Waals surface area (Å²) in [4.78, 5) is -0.173. The molecule has 1 heterocycles. The lowest BCUT2D eigenvalue weighted by atomic mass is 9.84. The van der Waals surface area contributed by atoms with Gasteiger partial charge in [-0.1, -0.05) is 6.42 Å². The molecule has 2 N–H and O–H groups in total. The van der Waals surface area contributed by atoms with E-state index in [2.05, 4.69) is 4.40 Å². The van der Waals surface area contributed by atoms with Crippen molar-refractivity contribution in [3.05, 3.63) is 24.0 Å². The summed E-state index contributed by atoms with van der Waals surface area (Å²) in [7, 11) is -3.84. The zero-order valence-electron chi connectivity index (χ0n) is 9.51. The molecule has 0 saturated heterocycles. The zero-order chi connectivity index (χ0) is 12.9. The van der Waals surface area contributed by atoms with E-state index < -0.39 is 15.8 Å². The number of hydrazine groups is 1. The predicted octanol–water partition coefficient (Wildman–Crippen LogP) is 1.41. The van der Waals surface area contributed by atoms with Gasteiger partial charge in [0, 0.05) is 5.92 Å². The molecule has 0 bridgehead atoms. The Balaban J connectivity index is 2.16. The van der Waals surface area contributed by atoms with Crippen LogP contribution in [0.3, 0.4) is 0 Å². The molecule has 7 heteroatoms. The number of anilines is 1. The highest BCUT2D eigenvalue weighted by atomic mass is 32.2. The fourth-order valence-corrected chi connectivity index (χ4v) is 3.44. The van der Waals surface area contributed by atoms with Gasteiger partial charge < -0.3 is 0 Å². The molecule has 2 aliphatic rings. The van der Waals surface area contributed by atoms with E-state index >= 15 is 0 Å². The number of nitrogens with zero attached hydrogens (tertiary/aromatic N) is 2. The molecule has 0 aromatic heterocycles. The van der Waals surface area contributed by atoms with E-state index in [1.165, 1.54) is 17.1 Å². The highest BCUT2D eigenvalue weighted by Gasteiger charge is 2.35. The van der Waals surface area contributed by atoms with Gasteiger partial charge in [0.15, 0.2) is 0 Å². The predicted molar refractivity (Wildman–Crippen MR) is 65.0 cm³/mol. The normalized spacial score (nSPS) is 22.1. The fraction of sp³-hybridized carbons (Fsp3) is 0.364. The molecule has 5 nitrogen and oxygen atoms in total. The Kier molecular flexibility index (Phi) is 2.43. The molecule has 96 valence electrons. The van der Waals surface area contributed by atoms with Crippen LogP contribution in [0.25, 0.3) is 0 Å². The van der Waals surface area contributed by atoms with Crippen molar-refractivity contribution in [3.63, 3.8) is 0 Å². The van der Waals surface area contributed by atoms with Crippen LogP contribution in [0.5, 0.6) is 0 Å². The highest BCUT2D eigenvalue weighted by molar-refractivity contribution is 7.90. The molecule has 1 fully saturated rings. The van der Waals surface area contributed by atoms with Crippen LogP contribution in [-0.2, 0) is 10.0 Å². The molecule has 1 aliphatic carbocycles. The summed E-state index contributed by atoms with van der Waals surface area (Å²) in [5.74, 6) is 5.72. The second kappa shape index (κ2) is 3.76. The Morgan fingerprint density at radius 1 is 1.39 bits per heavy atom. The first-order valence-electron chi connectivity index (χ1n) is 5.68. The molecule has 0 amide bonds. The van der Waals surface area contributed by atoms with Gasteiger partial charge in [0.05, 0.1) is 5.69 Å². The van der Waals surface area contributed by atoms with Crippen molar-refractivity contribution >= 4 is 21.5 Å². The molecule has 1 aromatic carbocycles. The van der Waals surface area contributed by atoms with E-state index in [1.807, 2.05) is 0 Å². The number of halogens is 1. The molecule has 0 spiro atoms. The number of rotatable bonds is 1. The van der Waals surface area contributed by atoms with Crippen molar-refractivity contribution in [2.45, 2.75) is 24.2 Å². The monoisotopic (exact) mass is 269 g/mol. The number of nitrogens with two attached hydrogens (primary N) is 1. The van der Waals surface area contributed by atoms with Gasteiger partial charge >= 0.3 is 0 Å². The maximum absolute atomic E-state index is 13.1. The molecule has 0 atom stereocenters. The van der Waals surface area contributed by atoms with Crippen molar-refractivity contribution in [1.29, 1.82) is 0 Å². The smallest absolute Gasteiger partial charge is 0.264 e. The third-order valence-corrected chi connectivity index (χ3v) is 4.70. The molecule has 1 saturated carbocycles. The van der Waals surface area contributed by atoms with Crippen LogP contribution in [-0.4, -0.2) is 14.3 Å². The molecule has 18 heavy (non-hydrogen) atoms. The van der Waals surface area contributed by atoms with E-state index in [9.17, 15) is 12.8 Å². The summed E-state index contributed by atoms with van der Waals surface area (Å²) in [5, 5.41) is 1.26. The van der Waals surface area contributed by atoms with Gasteiger partial charge in [-0.3, -0.25) is 5.01 Å². The minimum atomic E-state index is -3.84. The average Bonchev–Trinajstić information content (AvgIpc) is 2.23. The van der Waals surface area contributed by atoms with E-state index in [0.29, 0.717) is 5.84 Å². The van der Waals surface area contributed by atoms with Crippen molar-refractivity contribution in [2.75, 3.05) is 5.01 Å². The first-order valence-corrected chi connectivity index (χ1v) is 7.12. The minimum Gasteiger partial charge on any atom is -0.264 e. The summed E-state index contributed by atoms with van der Waals surface area (Å²) in [6.07, 6.45) is 2.82. The Labute approximate surface area is 104 Å². The summed E-state index contributed by atoms with van der Waals surface area (Å²) in [5.41, 5.74) is 0.285. The van der Waals surface area contributed by atoms with Crippen molar-refractivity contribution in [2.24, 2.45) is 16.2 Å². The van der Waals surface area contributed by atoms with Crippen LogP contribution in [0, 0.1) is 11.7 Å². The third-order valence-electron chi connectivity index (χ3n) is 3.39. The number of hydrogen-bond donors (Lipinski definition) is 1. The number of fused-ring (bicyclic) bond motifs is 1. The van der Waals surface area contributed by atoms with E-state index in [4.69, 9.17) is 5.84 Å². The van der Waals surface area contributed by atoms with Gasteiger partial charge in [-0.15, -0.1) is 4.40 Å². The van der Waals surface area contributed by atoms with Crippen molar-refractivity contribution in [1.82, 2.24) is 0 Å². The van der Waals surface area contributed by atoms with E-state index in [-0.39, 0.29) is 16.5 Å². The summed E-state index contributed by atoms with van der Waals surface area (Å²) in [6, 6.07) is 3.51. The molecule has 1 aromatic rings. The Hall–Kier alpha value is -1.47. The van der Waals surface area contributed by atoms with Crippen LogP contribution in [0.4, 0.5) is 10.1 Å². The second-order valence-electron chi connectivity index (χ2n) is 4.53. The highest BCUT2D eigenvalue weighted by Crippen LogP contribution is 2.36. The summed E-state index contributed by atoms with van der Waals surface area (Å²) < 4.78 is 40.8. The van der Waals surface area contributed by atoms with E-state index in [1.54, 1.807) is 0 Å². The van der Waals surface area contributed by atoms with Crippen LogP contribution in [0.15, 0.2) is 27.5 Å². The lowest BCUT2D eigenvalue weighted by Crippen LogP contribution is -2.46. The number of hydrogen-bond acceptors (Lipinski definition) is 4. The van der Waals surface area contributed by atoms with Gasteiger partial charge in [-0.2, -0.15) is 8.42 Å². The SMILES string of the molecule is NN1C(C2CCC2)=NS(=O)(=O)c2cc(F)ccc21. The molecular weight excluding hydrogens is 257 g/mol. The summed E-state index contributed by atoms with van der Waals surface area (Å²) >= 11 is 0. The van der Waals surface area contributed by atoms with Gasteiger partial charge in [-0.05, 0) is 31.0 Å². The van der Waals surface area contributed by atoms with Gasteiger partial charge in [0.1, 0.15) is 16.5 Å². The third kappa shape index (κ3) is 1.62. The Morgan fingerprint density at radius 2 is 2.11 bits per heavy atom. The topological polar surface area (TPSA) is 75.8 Å². The Bertz CT molecular complexity index is 638. The van der Waals surface area contributed by atoms with Crippen LogP contribution >= 0.6 is 0 Å². The second-order valence-corrected chi connectivity index (χ2v) is 6.11. The molecule has 1 aliphatic heterocycles. The number of sulfonamides is 1. The van der Waals surface area contributed by atoms with Crippen LogP contribution < -0.4 is 10.9 Å². The molecule has 0 radical (unpaired) electrons. The lowest BCUT2D eigenvalue weighted by molar-refractivity contribution is 0.408. The first kappa shape index (κ1) is 11.6. The minimum absolute atomic E-state index is 0.0861. The summed E-state index contributed by atoms with van der Waals surface area (Å²) in [6.45, 7) is 0. The molecule has 3 rings (SSSR count). The van der Waals surface area contributed by atoms with Gasteiger partial charge in [0.25, 0.3) is 10.0 Å². The van der Waals surface area contributed by atoms with E-state index in [0.717, 1.165) is 25.3 Å². The molecule has 0 unspecified atom stereocenters. The molecular formula is C11H12FN3O2S. The maximum Gasteiger partial charge on any atom is 0.286 e. The van der Waals surface area contributed by atoms with Gasteiger partial charge in [0.2, 0.25) is 0 Å². The van der Waals surface area contributed by atoms with Crippen molar-refractivity contribution < 1.29 is 12.8 Å².